The van der Waals surface area contributed by atoms with E-state index in [0.717, 1.165) is 46.8 Å². The third-order valence-corrected chi connectivity index (χ3v) is 3.89. The number of imidazole rings is 1. The minimum atomic E-state index is 0.759. The molecular weight excluding hydrogens is 282 g/mol. The summed E-state index contributed by atoms with van der Waals surface area (Å²) in [7, 11) is 0. The molecule has 0 atom stereocenters. The van der Waals surface area contributed by atoms with Crippen LogP contribution in [0.3, 0.4) is 0 Å². The van der Waals surface area contributed by atoms with Crippen molar-refractivity contribution in [3.05, 3.63) is 59.4 Å². The summed E-state index contributed by atoms with van der Waals surface area (Å²) in [5.41, 5.74) is 4.28. The van der Waals surface area contributed by atoms with Crippen molar-refractivity contribution >= 4 is 22.6 Å². The van der Waals surface area contributed by atoms with Gasteiger partial charge in [0.2, 0.25) is 0 Å². The van der Waals surface area contributed by atoms with E-state index < -0.39 is 0 Å². The summed E-state index contributed by atoms with van der Waals surface area (Å²) in [6, 6.07) is 14.1. The smallest absolute Gasteiger partial charge is 0.100 e. The number of nitrogens with zero attached hydrogens (tertiary/aromatic N) is 2. The molecule has 3 nitrogen and oxygen atoms in total. The van der Waals surface area contributed by atoms with Crippen LogP contribution in [0.1, 0.15) is 18.9 Å². The van der Waals surface area contributed by atoms with Crippen molar-refractivity contribution in [2.75, 3.05) is 6.54 Å². The van der Waals surface area contributed by atoms with E-state index in [1.165, 1.54) is 0 Å². The predicted octanol–water partition coefficient (Wildman–Crippen LogP) is 4.18. The third-order valence-electron chi connectivity index (χ3n) is 3.54. The van der Waals surface area contributed by atoms with E-state index in [2.05, 4.69) is 33.9 Å². The predicted molar refractivity (Wildman–Crippen MR) is 88.1 cm³/mol. The van der Waals surface area contributed by atoms with E-state index in [4.69, 9.17) is 11.6 Å². The van der Waals surface area contributed by atoms with Crippen molar-refractivity contribution in [2.45, 2.75) is 19.9 Å². The molecule has 4 heteroatoms. The summed E-state index contributed by atoms with van der Waals surface area (Å²) in [6.45, 7) is 3.90. The van der Waals surface area contributed by atoms with Gasteiger partial charge in [0.15, 0.2) is 0 Å². The number of benzene rings is 2. The maximum Gasteiger partial charge on any atom is 0.100 e. The Kier molecular flexibility index (Phi) is 4.23. The molecule has 0 aliphatic carbocycles. The Hall–Kier alpha value is -1.84. The Balaban J connectivity index is 2.07. The topological polar surface area (TPSA) is 29.9 Å². The lowest BCUT2D eigenvalue weighted by atomic mass is 10.1. The highest BCUT2D eigenvalue weighted by atomic mass is 35.5. The average molecular weight is 300 g/mol. The van der Waals surface area contributed by atoms with Crippen molar-refractivity contribution in [3.8, 4) is 5.69 Å². The highest BCUT2D eigenvalue weighted by Crippen LogP contribution is 2.26. The zero-order chi connectivity index (χ0) is 14.7. The van der Waals surface area contributed by atoms with Crippen LogP contribution in [0, 0.1) is 0 Å². The minimum absolute atomic E-state index is 0.759. The number of para-hydroxylation sites is 2. The lowest BCUT2D eigenvalue weighted by molar-refractivity contribution is 0.673. The van der Waals surface area contributed by atoms with Gasteiger partial charge in [-0.05, 0) is 37.2 Å². The van der Waals surface area contributed by atoms with Crippen LogP contribution in [-0.2, 0) is 6.54 Å². The van der Waals surface area contributed by atoms with Crippen LogP contribution >= 0.6 is 11.6 Å². The Morgan fingerprint density at radius 1 is 1.14 bits per heavy atom. The molecule has 0 radical (unpaired) electrons. The van der Waals surface area contributed by atoms with E-state index in [-0.39, 0.29) is 0 Å². The molecule has 0 aliphatic heterocycles. The Labute approximate surface area is 129 Å². The first-order valence-electron chi connectivity index (χ1n) is 7.22. The van der Waals surface area contributed by atoms with Gasteiger partial charge in [-0.15, -0.1) is 0 Å². The Bertz CT molecular complexity index is 749. The fraction of sp³-hybridized carbons (Fsp3) is 0.235. The molecule has 0 spiro atoms. The van der Waals surface area contributed by atoms with Crippen LogP contribution in [0.4, 0.5) is 0 Å². The fourth-order valence-electron chi connectivity index (χ4n) is 2.49. The Morgan fingerprint density at radius 3 is 2.86 bits per heavy atom. The monoisotopic (exact) mass is 299 g/mol. The van der Waals surface area contributed by atoms with Gasteiger partial charge < -0.3 is 5.32 Å². The summed E-state index contributed by atoms with van der Waals surface area (Å²) in [5.74, 6) is 0. The highest BCUT2D eigenvalue weighted by molar-refractivity contribution is 6.31. The second-order valence-electron chi connectivity index (χ2n) is 5.02. The lowest BCUT2D eigenvalue weighted by Gasteiger charge is -2.13. The van der Waals surface area contributed by atoms with E-state index in [1.54, 1.807) is 0 Å². The molecule has 21 heavy (non-hydrogen) atoms. The van der Waals surface area contributed by atoms with Crippen LogP contribution < -0.4 is 5.32 Å². The summed E-state index contributed by atoms with van der Waals surface area (Å²) in [6.07, 6.45) is 2.97. The second-order valence-corrected chi connectivity index (χ2v) is 5.42. The molecule has 1 aromatic heterocycles. The summed E-state index contributed by atoms with van der Waals surface area (Å²) in [4.78, 5) is 4.46. The lowest BCUT2D eigenvalue weighted by Crippen LogP contribution is -2.15. The number of hydrogen-bond acceptors (Lipinski definition) is 2. The minimum Gasteiger partial charge on any atom is -0.313 e. The van der Waals surface area contributed by atoms with Crippen molar-refractivity contribution in [3.63, 3.8) is 0 Å². The molecule has 1 heterocycles. The molecule has 3 rings (SSSR count). The molecule has 0 amide bonds. The molecule has 0 bridgehead atoms. The maximum absolute atomic E-state index is 6.40. The number of aromatic nitrogens is 2. The highest BCUT2D eigenvalue weighted by Gasteiger charge is 2.11. The van der Waals surface area contributed by atoms with Gasteiger partial charge in [-0.25, -0.2) is 4.98 Å². The van der Waals surface area contributed by atoms with E-state index >= 15 is 0 Å². The fourth-order valence-corrected chi connectivity index (χ4v) is 2.73. The summed E-state index contributed by atoms with van der Waals surface area (Å²) >= 11 is 6.40. The van der Waals surface area contributed by atoms with Gasteiger partial charge in [0.25, 0.3) is 0 Å². The van der Waals surface area contributed by atoms with Gasteiger partial charge in [0.05, 0.1) is 16.7 Å². The molecule has 2 aromatic carbocycles. The summed E-state index contributed by atoms with van der Waals surface area (Å²) in [5, 5.41) is 4.21. The number of rotatable bonds is 5. The van der Waals surface area contributed by atoms with Crippen molar-refractivity contribution in [2.24, 2.45) is 0 Å². The molecule has 3 aromatic rings. The van der Waals surface area contributed by atoms with Crippen LogP contribution in [0.15, 0.2) is 48.8 Å². The third kappa shape index (κ3) is 2.80. The molecule has 0 saturated heterocycles. The largest absolute Gasteiger partial charge is 0.313 e. The van der Waals surface area contributed by atoms with Gasteiger partial charge in [-0.2, -0.15) is 0 Å². The zero-order valence-electron chi connectivity index (χ0n) is 12.0. The standard InChI is InChI=1S/C17H18ClN3/c1-2-10-19-11-13-14(18)6-5-9-16(13)21-12-20-15-7-3-4-8-17(15)21/h3-9,12,19H,2,10-11H2,1H3. The van der Waals surface area contributed by atoms with Gasteiger partial charge in [0.1, 0.15) is 6.33 Å². The van der Waals surface area contributed by atoms with Crippen LogP contribution in [0.2, 0.25) is 5.02 Å². The average Bonchev–Trinajstić information content (AvgIpc) is 2.93. The molecule has 1 N–H and O–H groups in total. The normalized spacial score (nSPS) is 11.1. The van der Waals surface area contributed by atoms with Gasteiger partial charge in [-0.3, -0.25) is 4.57 Å². The maximum atomic E-state index is 6.40. The number of fused-ring (bicyclic) bond motifs is 1. The van der Waals surface area contributed by atoms with E-state index in [9.17, 15) is 0 Å². The number of halogens is 1. The molecule has 0 aliphatic rings. The SMILES string of the molecule is CCCNCc1c(Cl)cccc1-n1cnc2ccccc21. The van der Waals surface area contributed by atoms with Crippen molar-refractivity contribution in [1.82, 2.24) is 14.9 Å². The molecule has 108 valence electrons. The van der Waals surface area contributed by atoms with Crippen LogP contribution in [0.25, 0.3) is 16.7 Å². The van der Waals surface area contributed by atoms with E-state index in [1.807, 2.05) is 36.7 Å². The van der Waals surface area contributed by atoms with Gasteiger partial charge in [0, 0.05) is 17.1 Å². The van der Waals surface area contributed by atoms with Crippen LogP contribution in [-0.4, -0.2) is 16.1 Å². The van der Waals surface area contributed by atoms with E-state index in [0.29, 0.717) is 0 Å². The zero-order valence-corrected chi connectivity index (χ0v) is 12.8. The second kappa shape index (κ2) is 6.29. The van der Waals surface area contributed by atoms with Crippen LogP contribution in [0.5, 0.6) is 0 Å². The first-order valence-corrected chi connectivity index (χ1v) is 7.59. The van der Waals surface area contributed by atoms with Gasteiger partial charge in [-0.1, -0.05) is 36.7 Å². The molecule has 0 saturated carbocycles. The number of hydrogen-bond donors (Lipinski definition) is 1. The first kappa shape index (κ1) is 14.1. The van der Waals surface area contributed by atoms with Crippen molar-refractivity contribution < 1.29 is 0 Å². The number of nitrogens with one attached hydrogen (secondary N) is 1. The first-order chi connectivity index (χ1) is 10.3. The Morgan fingerprint density at radius 2 is 2.00 bits per heavy atom. The molecule has 0 unspecified atom stereocenters. The quantitative estimate of drug-likeness (QED) is 0.716. The molecule has 0 fully saturated rings. The molecular formula is C17H18ClN3. The van der Waals surface area contributed by atoms with Crippen molar-refractivity contribution in [1.29, 1.82) is 0 Å². The summed E-state index contributed by atoms with van der Waals surface area (Å²) < 4.78 is 2.10. The van der Waals surface area contributed by atoms with Gasteiger partial charge >= 0.3 is 0 Å².